The minimum absolute atomic E-state index is 0.0328. The van der Waals surface area contributed by atoms with Crippen molar-refractivity contribution in [3.05, 3.63) is 35.2 Å². The van der Waals surface area contributed by atoms with Gasteiger partial charge in [0.15, 0.2) is 22.9 Å². The number of aliphatic imine (C=N–C) groups is 1. The zero-order chi connectivity index (χ0) is 20.1. The van der Waals surface area contributed by atoms with Gasteiger partial charge in [0.05, 0.1) is 13.2 Å². The Balaban J connectivity index is 2.02. The SMILES string of the molecule is COCCN(CCOC)c1oc(C=C2C=Nc3ncccc32)c(O)c1C(=O)O. The van der Waals surface area contributed by atoms with E-state index in [1.165, 1.54) is 0 Å². The molecule has 9 heteroatoms. The molecule has 3 heterocycles. The lowest BCUT2D eigenvalue weighted by Gasteiger charge is -2.21. The number of allylic oxidation sites excluding steroid dienone is 1. The first kappa shape index (κ1) is 19.6. The molecule has 3 rings (SSSR count). The van der Waals surface area contributed by atoms with Crippen LogP contribution in [-0.4, -0.2) is 67.9 Å². The fourth-order valence-corrected chi connectivity index (χ4v) is 2.84. The fraction of sp³-hybridized carbons (Fsp3) is 0.316. The summed E-state index contributed by atoms with van der Waals surface area (Å²) in [6.07, 6.45) is 4.77. The molecule has 148 valence electrons. The van der Waals surface area contributed by atoms with Gasteiger partial charge in [0.1, 0.15) is 0 Å². The van der Waals surface area contributed by atoms with Crippen LogP contribution < -0.4 is 4.90 Å². The van der Waals surface area contributed by atoms with E-state index in [-0.39, 0.29) is 17.2 Å². The number of aromatic hydroxyl groups is 1. The molecule has 2 aromatic rings. The van der Waals surface area contributed by atoms with E-state index >= 15 is 0 Å². The van der Waals surface area contributed by atoms with Crippen molar-refractivity contribution in [1.29, 1.82) is 0 Å². The highest BCUT2D eigenvalue weighted by molar-refractivity contribution is 6.21. The lowest BCUT2D eigenvalue weighted by Crippen LogP contribution is -2.31. The van der Waals surface area contributed by atoms with Crippen molar-refractivity contribution in [3.8, 4) is 5.75 Å². The van der Waals surface area contributed by atoms with Crippen molar-refractivity contribution < 1.29 is 28.9 Å². The Morgan fingerprint density at radius 3 is 2.64 bits per heavy atom. The van der Waals surface area contributed by atoms with Crippen LogP contribution in [0.2, 0.25) is 0 Å². The van der Waals surface area contributed by atoms with Crippen LogP contribution >= 0.6 is 0 Å². The summed E-state index contributed by atoms with van der Waals surface area (Å²) < 4.78 is 15.9. The Morgan fingerprint density at radius 2 is 2.00 bits per heavy atom. The van der Waals surface area contributed by atoms with Gasteiger partial charge in [-0.05, 0) is 18.2 Å². The average molecular weight is 387 g/mol. The number of hydrogen-bond acceptors (Lipinski definition) is 8. The van der Waals surface area contributed by atoms with Crippen molar-refractivity contribution >= 4 is 35.5 Å². The molecule has 0 spiro atoms. The summed E-state index contributed by atoms with van der Waals surface area (Å²) in [5.41, 5.74) is 1.13. The molecule has 0 amide bonds. The first-order valence-electron chi connectivity index (χ1n) is 8.59. The molecule has 0 saturated heterocycles. The number of rotatable bonds is 9. The Bertz CT molecular complexity index is 910. The summed E-state index contributed by atoms with van der Waals surface area (Å²) in [5, 5.41) is 20.1. The van der Waals surface area contributed by atoms with Gasteiger partial charge in [-0.3, -0.25) is 0 Å². The third-order valence-electron chi connectivity index (χ3n) is 4.23. The van der Waals surface area contributed by atoms with E-state index in [4.69, 9.17) is 13.9 Å². The Labute approximate surface area is 161 Å². The number of carboxylic acid groups (broad SMARTS) is 1. The van der Waals surface area contributed by atoms with Gasteiger partial charge in [-0.25, -0.2) is 14.8 Å². The predicted molar refractivity (Wildman–Crippen MR) is 104 cm³/mol. The first-order chi connectivity index (χ1) is 13.6. The molecule has 0 bridgehead atoms. The molecular weight excluding hydrogens is 366 g/mol. The topological polar surface area (TPSA) is 118 Å². The monoisotopic (exact) mass is 387 g/mol. The minimum Gasteiger partial charge on any atom is -0.504 e. The molecule has 2 aromatic heterocycles. The maximum Gasteiger partial charge on any atom is 0.345 e. The number of methoxy groups -OCH3 is 2. The van der Waals surface area contributed by atoms with Crippen LogP contribution in [0.25, 0.3) is 11.6 Å². The van der Waals surface area contributed by atoms with Crippen LogP contribution in [0.15, 0.2) is 27.7 Å². The number of carbonyl (C=O) groups is 1. The molecule has 0 aromatic carbocycles. The molecular formula is C19H21N3O6. The molecule has 0 radical (unpaired) electrons. The zero-order valence-corrected chi connectivity index (χ0v) is 15.6. The molecule has 0 aliphatic carbocycles. The van der Waals surface area contributed by atoms with Crippen LogP contribution in [0, 0.1) is 0 Å². The van der Waals surface area contributed by atoms with Crippen LogP contribution in [0.1, 0.15) is 21.7 Å². The number of nitrogens with zero attached hydrogens (tertiary/aromatic N) is 3. The minimum atomic E-state index is -1.29. The van der Waals surface area contributed by atoms with Crippen molar-refractivity contribution in [2.45, 2.75) is 0 Å². The summed E-state index contributed by atoms with van der Waals surface area (Å²) >= 11 is 0. The van der Waals surface area contributed by atoms with Crippen molar-refractivity contribution in [2.75, 3.05) is 45.4 Å². The van der Waals surface area contributed by atoms with Gasteiger partial charge in [-0.2, -0.15) is 0 Å². The summed E-state index contributed by atoms with van der Waals surface area (Å²) in [4.78, 5) is 21.8. The van der Waals surface area contributed by atoms with E-state index in [1.807, 2.05) is 6.07 Å². The molecule has 1 aliphatic heterocycles. The lowest BCUT2D eigenvalue weighted by atomic mass is 10.1. The molecule has 0 atom stereocenters. The van der Waals surface area contributed by atoms with Gasteiger partial charge in [0.2, 0.25) is 5.88 Å². The molecule has 28 heavy (non-hydrogen) atoms. The average Bonchev–Trinajstić information content (AvgIpc) is 3.24. The zero-order valence-electron chi connectivity index (χ0n) is 15.6. The number of aromatic nitrogens is 1. The number of fused-ring (bicyclic) bond motifs is 1. The van der Waals surface area contributed by atoms with Crippen LogP contribution in [0.4, 0.5) is 11.7 Å². The summed E-state index contributed by atoms with van der Waals surface area (Å²) in [7, 11) is 3.10. The highest BCUT2D eigenvalue weighted by atomic mass is 16.5. The predicted octanol–water partition coefficient (Wildman–Crippen LogP) is 2.43. The maximum atomic E-state index is 11.8. The van der Waals surface area contributed by atoms with Gasteiger partial charge >= 0.3 is 5.97 Å². The number of furan rings is 1. The fourth-order valence-electron chi connectivity index (χ4n) is 2.84. The lowest BCUT2D eigenvalue weighted by molar-refractivity contribution is 0.0694. The number of carboxylic acids is 1. The Hall–Kier alpha value is -3.17. The maximum absolute atomic E-state index is 11.8. The molecule has 0 unspecified atom stereocenters. The molecule has 0 fully saturated rings. The summed E-state index contributed by atoms with van der Waals surface area (Å²) in [5.74, 6) is -1.10. The van der Waals surface area contributed by atoms with Crippen LogP contribution in [0.5, 0.6) is 5.75 Å². The quantitative estimate of drug-likeness (QED) is 0.674. The van der Waals surface area contributed by atoms with Crippen LogP contribution in [0.3, 0.4) is 0 Å². The standard InChI is InChI=1S/C19H21N3O6/c1-26-8-6-22(7-9-27-2)18-15(19(24)25)16(23)14(28-18)10-12-11-21-17-13(12)4-3-5-20-17/h3-5,10-11,23H,6-9H2,1-2H3,(H,24,25). The molecule has 2 N–H and O–H groups in total. The van der Waals surface area contributed by atoms with Gasteiger partial charge in [-0.15, -0.1) is 0 Å². The van der Waals surface area contributed by atoms with Gasteiger partial charge in [0.25, 0.3) is 0 Å². The van der Waals surface area contributed by atoms with E-state index in [0.717, 1.165) is 5.56 Å². The number of aromatic carboxylic acids is 1. The van der Waals surface area contributed by atoms with E-state index in [9.17, 15) is 15.0 Å². The van der Waals surface area contributed by atoms with E-state index < -0.39 is 11.7 Å². The Kier molecular flexibility index (Phi) is 6.07. The second-order valence-corrected chi connectivity index (χ2v) is 6.01. The number of anilines is 1. The van der Waals surface area contributed by atoms with Crippen LogP contribution in [-0.2, 0) is 9.47 Å². The smallest absolute Gasteiger partial charge is 0.345 e. The van der Waals surface area contributed by atoms with E-state index in [2.05, 4.69) is 9.98 Å². The highest BCUT2D eigenvalue weighted by Gasteiger charge is 2.29. The van der Waals surface area contributed by atoms with E-state index in [1.54, 1.807) is 43.7 Å². The largest absolute Gasteiger partial charge is 0.504 e. The summed E-state index contributed by atoms with van der Waals surface area (Å²) in [6, 6.07) is 3.61. The van der Waals surface area contributed by atoms with Crippen molar-refractivity contribution in [3.63, 3.8) is 0 Å². The first-order valence-corrected chi connectivity index (χ1v) is 8.59. The van der Waals surface area contributed by atoms with Crippen molar-refractivity contribution in [2.24, 2.45) is 4.99 Å². The highest BCUT2D eigenvalue weighted by Crippen LogP contribution is 2.39. The van der Waals surface area contributed by atoms with Gasteiger partial charge in [0, 0.05) is 50.9 Å². The van der Waals surface area contributed by atoms with E-state index in [0.29, 0.717) is 37.7 Å². The third kappa shape index (κ3) is 3.90. The van der Waals surface area contributed by atoms with Gasteiger partial charge in [-0.1, -0.05) is 0 Å². The van der Waals surface area contributed by atoms with Crippen molar-refractivity contribution in [1.82, 2.24) is 4.98 Å². The molecule has 9 nitrogen and oxygen atoms in total. The number of pyridine rings is 1. The number of ether oxygens (including phenoxy) is 2. The van der Waals surface area contributed by atoms with Gasteiger partial charge < -0.3 is 29.0 Å². The molecule has 1 aliphatic rings. The summed E-state index contributed by atoms with van der Waals surface area (Å²) in [6.45, 7) is 1.45. The number of hydrogen-bond donors (Lipinski definition) is 2. The second kappa shape index (κ2) is 8.68. The third-order valence-corrected chi connectivity index (χ3v) is 4.23. The molecule has 0 saturated carbocycles. The Morgan fingerprint density at radius 1 is 1.29 bits per heavy atom. The normalized spacial score (nSPS) is 13.9. The second-order valence-electron chi connectivity index (χ2n) is 6.01.